The molecule has 0 saturated heterocycles. The topological polar surface area (TPSA) is 64.4 Å². The summed E-state index contributed by atoms with van der Waals surface area (Å²) in [5.41, 5.74) is 2.24. The van der Waals surface area contributed by atoms with Crippen LogP contribution in [0.2, 0.25) is 0 Å². The summed E-state index contributed by atoms with van der Waals surface area (Å²) >= 11 is 0. The molecule has 1 N–H and O–H groups in total. The second-order valence-electron chi connectivity index (χ2n) is 4.56. The van der Waals surface area contributed by atoms with Crippen LogP contribution in [0.1, 0.15) is 0 Å². The molecule has 3 rings (SSSR count). The fourth-order valence-corrected chi connectivity index (χ4v) is 2.08. The zero-order chi connectivity index (χ0) is 15.4. The third kappa shape index (κ3) is 2.83. The fourth-order valence-electron chi connectivity index (χ4n) is 2.08. The Labute approximate surface area is 127 Å². The van der Waals surface area contributed by atoms with Crippen molar-refractivity contribution < 1.29 is 13.9 Å². The van der Waals surface area contributed by atoms with Gasteiger partial charge in [0.1, 0.15) is 0 Å². The van der Waals surface area contributed by atoms with Gasteiger partial charge in [0.25, 0.3) is 0 Å². The fraction of sp³-hybridized carbons (Fsp3) is 0.0588. The van der Waals surface area contributed by atoms with E-state index in [0.29, 0.717) is 17.3 Å². The Bertz CT molecular complexity index is 781. The van der Waals surface area contributed by atoms with Crippen molar-refractivity contribution in [3.8, 4) is 22.8 Å². The normalized spacial score (nSPS) is 10.2. The zero-order valence-corrected chi connectivity index (χ0v) is 11.9. The van der Waals surface area contributed by atoms with Crippen LogP contribution in [-0.4, -0.2) is 18.2 Å². The van der Waals surface area contributed by atoms with Crippen molar-refractivity contribution in [3.05, 3.63) is 60.8 Å². The maximum absolute atomic E-state index is 11.4. The van der Waals surface area contributed by atoms with E-state index in [0.717, 1.165) is 11.1 Å². The molecule has 0 aliphatic carbocycles. The molecular weight excluding hydrogens is 280 g/mol. The Balaban J connectivity index is 1.95. The molecule has 0 aliphatic heterocycles. The molecule has 0 spiro atoms. The molecule has 110 valence electrons. The molecule has 5 nitrogen and oxygen atoms in total. The highest BCUT2D eigenvalue weighted by molar-refractivity contribution is 5.90. The highest BCUT2D eigenvalue weighted by Gasteiger charge is 2.13. The van der Waals surface area contributed by atoms with E-state index in [-0.39, 0.29) is 0 Å². The van der Waals surface area contributed by atoms with E-state index in [1.165, 1.54) is 7.11 Å². The lowest BCUT2D eigenvalue weighted by Gasteiger charge is -2.07. The van der Waals surface area contributed by atoms with Crippen LogP contribution < -0.4 is 5.32 Å². The average Bonchev–Trinajstić information content (AvgIpc) is 3.06. The van der Waals surface area contributed by atoms with Crippen molar-refractivity contribution >= 4 is 11.8 Å². The minimum atomic E-state index is -0.532. The van der Waals surface area contributed by atoms with Gasteiger partial charge in [0.15, 0.2) is 5.76 Å². The van der Waals surface area contributed by atoms with Crippen molar-refractivity contribution in [2.24, 2.45) is 0 Å². The van der Waals surface area contributed by atoms with Gasteiger partial charge in [0.05, 0.1) is 19.0 Å². The smallest absolute Gasteiger partial charge is 0.411 e. The molecule has 0 unspecified atom stereocenters. The number of oxazole rings is 1. The van der Waals surface area contributed by atoms with Gasteiger partial charge in [-0.2, -0.15) is 0 Å². The summed E-state index contributed by atoms with van der Waals surface area (Å²) < 4.78 is 10.4. The van der Waals surface area contributed by atoms with Gasteiger partial charge in [-0.3, -0.25) is 5.32 Å². The summed E-state index contributed by atoms with van der Waals surface area (Å²) in [6, 6.07) is 16.9. The van der Waals surface area contributed by atoms with E-state index in [4.69, 9.17) is 4.42 Å². The van der Waals surface area contributed by atoms with Crippen LogP contribution in [0, 0.1) is 0 Å². The van der Waals surface area contributed by atoms with E-state index >= 15 is 0 Å². The second-order valence-corrected chi connectivity index (χ2v) is 4.56. The number of aromatic nitrogens is 1. The molecule has 3 aromatic rings. The molecule has 1 amide bonds. The number of carbonyl (C=O) groups is 1. The monoisotopic (exact) mass is 294 g/mol. The van der Waals surface area contributed by atoms with Crippen molar-refractivity contribution in [1.29, 1.82) is 0 Å². The van der Waals surface area contributed by atoms with Crippen LogP contribution >= 0.6 is 0 Å². The first-order chi connectivity index (χ1) is 10.8. The van der Waals surface area contributed by atoms with E-state index in [2.05, 4.69) is 15.0 Å². The van der Waals surface area contributed by atoms with Gasteiger partial charge < -0.3 is 9.15 Å². The number of nitrogens with one attached hydrogen (secondary N) is 1. The van der Waals surface area contributed by atoms with E-state index in [1.54, 1.807) is 12.3 Å². The van der Waals surface area contributed by atoms with Gasteiger partial charge >= 0.3 is 6.09 Å². The van der Waals surface area contributed by atoms with Gasteiger partial charge in [0.2, 0.25) is 5.89 Å². The Kier molecular flexibility index (Phi) is 3.87. The summed E-state index contributed by atoms with van der Waals surface area (Å²) in [6.07, 6.45) is 1.11. The van der Waals surface area contributed by atoms with Crippen LogP contribution in [-0.2, 0) is 4.74 Å². The highest BCUT2D eigenvalue weighted by Crippen LogP contribution is 2.31. The summed E-state index contributed by atoms with van der Waals surface area (Å²) in [7, 11) is 1.32. The predicted octanol–water partition coefficient (Wildman–Crippen LogP) is 4.19. The Morgan fingerprint density at radius 1 is 1.09 bits per heavy atom. The van der Waals surface area contributed by atoms with Gasteiger partial charge in [-0.1, -0.05) is 30.3 Å². The maximum Gasteiger partial charge on any atom is 0.411 e. The number of ether oxygens (including phenoxy) is 1. The number of para-hydroxylation sites is 1. The molecule has 0 saturated carbocycles. The Morgan fingerprint density at radius 3 is 2.59 bits per heavy atom. The van der Waals surface area contributed by atoms with Gasteiger partial charge in [-0.25, -0.2) is 9.78 Å². The quantitative estimate of drug-likeness (QED) is 0.786. The molecule has 1 heterocycles. The van der Waals surface area contributed by atoms with E-state index < -0.39 is 6.09 Å². The molecule has 22 heavy (non-hydrogen) atoms. The highest BCUT2D eigenvalue weighted by atomic mass is 16.5. The molecular formula is C17H14N2O3. The summed E-state index contributed by atoms with van der Waals surface area (Å²) in [5, 5.41) is 2.66. The van der Waals surface area contributed by atoms with Crippen molar-refractivity contribution in [3.63, 3.8) is 0 Å². The number of hydrogen-bond donors (Lipinski definition) is 1. The second kappa shape index (κ2) is 6.13. The predicted molar refractivity (Wildman–Crippen MR) is 83.4 cm³/mol. The van der Waals surface area contributed by atoms with Crippen molar-refractivity contribution in [1.82, 2.24) is 4.98 Å². The summed E-state index contributed by atoms with van der Waals surface area (Å²) in [5.74, 6) is 1.11. The van der Waals surface area contributed by atoms with Crippen LogP contribution in [0.5, 0.6) is 0 Å². The number of nitrogens with zero attached hydrogens (tertiary/aromatic N) is 1. The maximum atomic E-state index is 11.4. The van der Waals surface area contributed by atoms with Crippen molar-refractivity contribution in [2.45, 2.75) is 0 Å². The summed E-state index contributed by atoms with van der Waals surface area (Å²) in [4.78, 5) is 15.7. The van der Waals surface area contributed by atoms with Crippen LogP contribution in [0.4, 0.5) is 10.5 Å². The number of carbonyl (C=O) groups excluding carboxylic acids is 1. The minimum Gasteiger partial charge on any atom is -0.453 e. The third-order valence-corrected chi connectivity index (χ3v) is 3.14. The largest absolute Gasteiger partial charge is 0.453 e. The summed E-state index contributed by atoms with van der Waals surface area (Å²) in [6.45, 7) is 0. The molecule has 0 radical (unpaired) electrons. The first-order valence-electron chi connectivity index (χ1n) is 6.73. The number of rotatable bonds is 3. The van der Waals surface area contributed by atoms with Crippen LogP contribution in [0.25, 0.3) is 22.8 Å². The van der Waals surface area contributed by atoms with Crippen LogP contribution in [0.3, 0.4) is 0 Å². The molecule has 0 atom stereocenters. The molecule has 0 aliphatic rings. The van der Waals surface area contributed by atoms with Gasteiger partial charge in [-0.15, -0.1) is 0 Å². The molecule has 2 aromatic carbocycles. The third-order valence-electron chi connectivity index (χ3n) is 3.14. The average molecular weight is 294 g/mol. The van der Waals surface area contributed by atoms with E-state index in [9.17, 15) is 4.79 Å². The lowest BCUT2D eigenvalue weighted by atomic mass is 10.1. The molecule has 0 bridgehead atoms. The lowest BCUT2D eigenvalue weighted by molar-refractivity contribution is 0.187. The number of amides is 1. The number of benzene rings is 2. The Morgan fingerprint density at radius 2 is 1.82 bits per heavy atom. The van der Waals surface area contributed by atoms with Gasteiger partial charge in [0, 0.05) is 11.1 Å². The van der Waals surface area contributed by atoms with Gasteiger partial charge in [-0.05, 0) is 24.3 Å². The first kappa shape index (κ1) is 13.9. The molecule has 5 heteroatoms. The van der Waals surface area contributed by atoms with Crippen molar-refractivity contribution in [2.75, 3.05) is 12.4 Å². The Hall–Kier alpha value is -3.08. The minimum absolute atomic E-state index is 0.531. The molecule has 0 fully saturated rings. The van der Waals surface area contributed by atoms with Crippen LogP contribution in [0.15, 0.2) is 65.2 Å². The van der Waals surface area contributed by atoms with E-state index in [1.807, 2.05) is 48.5 Å². The first-order valence-corrected chi connectivity index (χ1v) is 6.73. The number of methoxy groups -OCH3 is 1. The standard InChI is InChI=1S/C17H14N2O3/c1-21-17(20)19-14-10-6-5-9-13(14)15-11-18-16(22-15)12-7-3-2-4-8-12/h2-11H,1H3,(H,19,20). The molecule has 1 aromatic heterocycles. The number of anilines is 1. The SMILES string of the molecule is COC(=O)Nc1ccccc1-c1cnc(-c2ccccc2)o1. The zero-order valence-electron chi connectivity index (χ0n) is 11.9. The number of hydrogen-bond acceptors (Lipinski definition) is 4. The lowest BCUT2D eigenvalue weighted by Crippen LogP contribution is -2.11.